The van der Waals surface area contributed by atoms with E-state index < -0.39 is 0 Å². The molecule has 0 aromatic carbocycles. The van der Waals surface area contributed by atoms with Gasteiger partial charge in [0.1, 0.15) is 12.2 Å². The zero-order valence-electron chi connectivity index (χ0n) is 5.42. The van der Waals surface area contributed by atoms with Gasteiger partial charge < -0.3 is 5.73 Å². The third-order valence-corrected chi connectivity index (χ3v) is 0.692. The van der Waals surface area contributed by atoms with E-state index in [1.54, 1.807) is 6.92 Å². The Morgan fingerprint density at radius 2 is 2.62 bits per heavy atom. The lowest BCUT2D eigenvalue weighted by atomic mass is 10.7. The summed E-state index contributed by atoms with van der Waals surface area (Å²) in [7, 11) is 0. The molecule has 0 aliphatic heterocycles. The number of rotatable bonds is 1. The minimum absolute atomic E-state index is 0.280. The lowest BCUT2D eigenvalue weighted by Gasteiger charge is -1.88. The SMILES string of the molecule is [2H]Nc1ncnc(C)n1. The molecular formula is C4H6N4. The van der Waals surface area contributed by atoms with Crippen LogP contribution in [0.4, 0.5) is 5.95 Å². The fourth-order valence-corrected chi connectivity index (χ4v) is 0.378. The molecule has 42 valence electrons. The van der Waals surface area contributed by atoms with E-state index in [1.807, 2.05) is 0 Å². The first-order chi connectivity index (χ1) is 4.33. The van der Waals surface area contributed by atoms with Crippen LogP contribution in [0.3, 0.4) is 0 Å². The molecule has 4 heteroatoms. The van der Waals surface area contributed by atoms with Gasteiger partial charge in [0.2, 0.25) is 5.95 Å². The van der Waals surface area contributed by atoms with Gasteiger partial charge in [0, 0.05) is 0 Å². The largest absolute Gasteiger partial charge is 0.368 e. The standard InChI is InChI=1S/C4H6N4/c1-3-6-2-7-4(5)8-3/h2H,1H3,(H2,5,6,7,8)/i/hD. The summed E-state index contributed by atoms with van der Waals surface area (Å²) in [6.45, 7) is 1.74. The van der Waals surface area contributed by atoms with Crippen molar-refractivity contribution in [1.29, 1.82) is 0 Å². The zero-order chi connectivity index (χ0) is 6.69. The van der Waals surface area contributed by atoms with Crippen molar-refractivity contribution in [2.24, 2.45) is 0 Å². The van der Waals surface area contributed by atoms with Crippen molar-refractivity contribution in [2.75, 3.05) is 5.73 Å². The Morgan fingerprint density at radius 1 is 1.75 bits per heavy atom. The Morgan fingerprint density at radius 3 is 3.12 bits per heavy atom. The van der Waals surface area contributed by atoms with Crippen molar-refractivity contribution in [3.05, 3.63) is 12.2 Å². The van der Waals surface area contributed by atoms with Gasteiger partial charge in [-0.25, -0.2) is 9.97 Å². The van der Waals surface area contributed by atoms with Crippen LogP contribution in [0.2, 0.25) is 1.41 Å². The van der Waals surface area contributed by atoms with E-state index in [0.717, 1.165) is 0 Å². The monoisotopic (exact) mass is 111 g/mol. The Hall–Kier alpha value is -1.19. The van der Waals surface area contributed by atoms with Crippen LogP contribution < -0.4 is 5.73 Å². The lowest BCUT2D eigenvalue weighted by molar-refractivity contribution is 0.988. The van der Waals surface area contributed by atoms with Gasteiger partial charge in [0.05, 0.1) is 0 Å². The van der Waals surface area contributed by atoms with Crippen LogP contribution in [0.5, 0.6) is 0 Å². The predicted octanol–water partition coefficient (Wildman–Crippen LogP) is -0.238. The summed E-state index contributed by atoms with van der Waals surface area (Å²) in [5.41, 5.74) is 2.06. The van der Waals surface area contributed by atoms with Gasteiger partial charge in [-0.3, -0.25) is 0 Å². The van der Waals surface area contributed by atoms with E-state index in [-0.39, 0.29) is 5.95 Å². The summed E-state index contributed by atoms with van der Waals surface area (Å²) in [4.78, 5) is 11.2. The van der Waals surface area contributed by atoms with Crippen LogP contribution in [-0.4, -0.2) is 15.0 Å². The molecule has 0 aliphatic carbocycles. The van der Waals surface area contributed by atoms with Crippen LogP contribution in [0.25, 0.3) is 0 Å². The summed E-state index contributed by atoms with van der Waals surface area (Å²) in [5, 5.41) is 0. The van der Waals surface area contributed by atoms with Crippen LogP contribution in [0, 0.1) is 6.92 Å². The molecule has 0 saturated carbocycles. The number of anilines is 1. The zero-order valence-corrected chi connectivity index (χ0v) is 4.42. The van der Waals surface area contributed by atoms with E-state index in [1.165, 1.54) is 6.33 Å². The van der Waals surface area contributed by atoms with Crippen molar-refractivity contribution in [3.8, 4) is 0 Å². The van der Waals surface area contributed by atoms with E-state index >= 15 is 0 Å². The molecule has 2 N–H and O–H groups in total. The van der Waals surface area contributed by atoms with Gasteiger partial charge >= 0.3 is 0 Å². The molecule has 0 unspecified atom stereocenters. The molecular weight excluding hydrogens is 104 g/mol. The van der Waals surface area contributed by atoms with Crippen molar-refractivity contribution in [1.82, 2.24) is 15.0 Å². The summed E-state index contributed by atoms with van der Waals surface area (Å²) in [6.07, 6.45) is 1.36. The van der Waals surface area contributed by atoms with E-state index in [4.69, 9.17) is 1.41 Å². The van der Waals surface area contributed by atoms with Crippen LogP contribution in [0.1, 0.15) is 5.82 Å². The van der Waals surface area contributed by atoms with Crippen LogP contribution in [0.15, 0.2) is 6.33 Å². The average Bonchev–Trinajstić information content (AvgIpc) is 1.88. The lowest BCUT2D eigenvalue weighted by Crippen LogP contribution is -1.96. The Bertz CT molecular complexity index is 202. The first-order valence-corrected chi connectivity index (χ1v) is 2.16. The van der Waals surface area contributed by atoms with Crippen molar-refractivity contribution in [3.63, 3.8) is 0 Å². The maximum Gasteiger partial charge on any atom is 0.223 e. The second kappa shape index (κ2) is 1.73. The highest BCUT2D eigenvalue weighted by atomic mass is 15.1. The molecule has 1 heterocycles. The van der Waals surface area contributed by atoms with Gasteiger partial charge in [-0.2, -0.15) is 4.98 Å². The highest BCUT2D eigenvalue weighted by Gasteiger charge is 1.85. The predicted molar refractivity (Wildman–Crippen MR) is 29.0 cm³/mol. The van der Waals surface area contributed by atoms with Crippen molar-refractivity contribution in [2.45, 2.75) is 6.92 Å². The van der Waals surface area contributed by atoms with Crippen LogP contribution >= 0.6 is 0 Å². The van der Waals surface area contributed by atoms with Crippen molar-refractivity contribution >= 4 is 5.95 Å². The van der Waals surface area contributed by atoms with Gasteiger partial charge in [0.25, 0.3) is 0 Å². The highest BCUT2D eigenvalue weighted by molar-refractivity contribution is 5.11. The third-order valence-electron chi connectivity index (χ3n) is 0.692. The molecule has 0 bridgehead atoms. The number of nitrogens with zero attached hydrogens (tertiary/aromatic N) is 3. The fourth-order valence-electron chi connectivity index (χ4n) is 0.378. The minimum atomic E-state index is 0.280. The fraction of sp³-hybridized carbons (Fsp3) is 0.250. The maximum absolute atomic E-state index is 6.64. The minimum Gasteiger partial charge on any atom is -0.368 e. The van der Waals surface area contributed by atoms with E-state index in [0.29, 0.717) is 5.82 Å². The topological polar surface area (TPSA) is 64.7 Å². The molecule has 0 spiro atoms. The number of hydrogen-bond acceptors (Lipinski definition) is 4. The molecule has 1 aromatic rings. The smallest absolute Gasteiger partial charge is 0.223 e. The number of hydrogen-bond donors (Lipinski definition) is 1. The summed E-state index contributed by atoms with van der Waals surface area (Å²) >= 11 is 0. The maximum atomic E-state index is 6.64. The molecule has 0 amide bonds. The Kier molecular flexibility index (Phi) is 0.816. The molecule has 0 saturated heterocycles. The quantitative estimate of drug-likeness (QED) is 0.543. The average molecular weight is 111 g/mol. The Labute approximate surface area is 48.3 Å². The van der Waals surface area contributed by atoms with Gasteiger partial charge in [-0.05, 0) is 6.92 Å². The highest BCUT2D eigenvalue weighted by Crippen LogP contribution is 1.86. The van der Waals surface area contributed by atoms with Gasteiger partial charge in [-0.15, -0.1) is 0 Å². The molecule has 0 fully saturated rings. The number of aromatic nitrogens is 3. The van der Waals surface area contributed by atoms with Gasteiger partial charge in [0.15, 0.2) is 1.41 Å². The number of aryl methyl sites for hydroxylation is 1. The van der Waals surface area contributed by atoms with Crippen LogP contribution in [-0.2, 0) is 0 Å². The van der Waals surface area contributed by atoms with E-state index in [9.17, 15) is 0 Å². The molecule has 1 rings (SSSR count). The normalized spacial score (nSPS) is 10.4. The van der Waals surface area contributed by atoms with Crippen molar-refractivity contribution < 1.29 is 1.41 Å². The van der Waals surface area contributed by atoms with E-state index in [2.05, 4.69) is 20.7 Å². The molecule has 0 radical (unpaired) electrons. The second-order valence-corrected chi connectivity index (χ2v) is 1.36. The molecule has 8 heavy (non-hydrogen) atoms. The molecule has 0 atom stereocenters. The second-order valence-electron chi connectivity index (χ2n) is 1.36. The first kappa shape index (κ1) is 3.77. The molecule has 4 nitrogen and oxygen atoms in total. The number of nitrogens with two attached hydrogens (primary N) is 1. The third kappa shape index (κ3) is 0.900. The first-order valence-electron chi connectivity index (χ1n) is 2.66. The summed E-state index contributed by atoms with van der Waals surface area (Å²) in [5.74, 6) is 0.891. The number of nitrogen functional groups attached to an aromatic ring is 1. The summed E-state index contributed by atoms with van der Waals surface area (Å²) in [6, 6.07) is 0. The summed E-state index contributed by atoms with van der Waals surface area (Å²) < 4.78 is 6.64. The Balaban J connectivity index is 2.94. The molecule has 0 aliphatic rings. The molecule has 1 aromatic heterocycles. The van der Waals surface area contributed by atoms with Gasteiger partial charge in [-0.1, -0.05) is 0 Å².